The molecule has 0 aliphatic carbocycles. The molecule has 0 radical (unpaired) electrons. The van der Waals surface area contributed by atoms with Crippen molar-refractivity contribution in [3.05, 3.63) is 89.5 Å². The highest BCUT2D eigenvalue weighted by atomic mass is 16.5. The second-order valence-corrected chi connectivity index (χ2v) is 6.00. The molecule has 4 nitrogen and oxygen atoms in total. The third-order valence-electron chi connectivity index (χ3n) is 4.21. The maximum absolute atomic E-state index is 11.7. The minimum Gasteiger partial charge on any atom is -0.465 e. The van der Waals surface area contributed by atoms with Crippen molar-refractivity contribution >= 4 is 5.97 Å². The summed E-state index contributed by atoms with van der Waals surface area (Å²) in [6.07, 6.45) is 6.86. The number of ether oxygens (including phenoxy) is 1. The van der Waals surface area contributed by atoms with Gasteiger partial charge in [0.1, 0.15) is 5.82 Å². The maximum Gasteiger partial charge on any atom is 0.337 e. The average Bonchev–Trinajstić information content (AvgIpc) is 3.09. The van der Waals surface area contributed by atoms with Gasteiger partial charge in [-0.05, 0) is 36.1 Å². The third kappa shape index (κ3) is 4.57. The van der Waals surface area contributed by atoms with E-state index >= 15 is 0 Å². The van der Waals surface area contributed by atoms with Crippen molar-refractivity contribution in [1.82, 2.24) is 9.55 Å². The number of rotatable bonds is 7. The molecule has 0 saturated heterocycles. The molecule has 0 N–H and O–H groups in total. The van der Waals surface area contributed by atoms with Crippen LogP contribution in [-0.2, 0) is 24.1 Å². The molecule has 0 saturated carbocycles. The molecule has 128 valence electrons. The summed E-state index contributed by atoms with van der Waals surface area (Å²) in [5.41, 5.74) is 2.99. The molecule has 3 aromatic rings. The Kier molecular flexibility index (Phi) is 5.62. The van der Waals surface area contributed by atoms with E-state index in [0.717, 1.165) is 30.7 Å². The summed E-state index contributed by atoms with van der Waals surface area (Å²) in [6, 6.07) is 18.0. The molecule has 4 heteroatoms. The van der Waals surface area contributed by atoms with Crippen LogP contribution in [0.3, 0.4) is 0 Å². The Morgan fingerprint density at radius 1 is 1.04 bits per heavy atom. The average molecular weight is 334 g/mol. The maximum atomic E-state index is 11.7. The van der Waals surface area contributed by atoms with E-state index < -0.39 is 0 Å². The van der Waals surface area contributed by atoms with Crippen LogP contribution in [0.15, 0.2) is 67.0 Å². The van der Waals surface area contributed by atoms with Gasteiger partial charge in [-0.15, -0.1) is 0 Å². The zero-order valence-electron chi connectivity index (χ0n) is 14.4. The van der Waals surface area contributed by atoms with Crippen molar-refractivity contribution in [3.63, 3.8) is 0 Å². The Labute approximate surface area is 148 Å². The van der Waals surface area contributed by atoms with E-state index in [0.29, 0.717) is 12.1 Å². The Hall–Kier alpha value is -2.88. The molecule has 1 heterocycles. The first-order valence-corrected chi connectivity index (χ1v) is 8.47. The van der Waals surface area contributed by atoms with Gasteiger partial charge in [-0.3, -0.25) is 0 Å². The van der Waals surface area contributed by atoms with Gasteiger partial charge in [0.2, 0.25) is 0 Å². The zero-order valence-corrected chi connectivity index (χ0v) is 14.4. The second-order valence-electron chi connectivity index (χ2n) is 6.00. The summed E-state index contributed by atoms with van der Waals surface area (Å²) < 4.78 is 6.93. The van der Waals surface area contributed by atoms with Crippen molar-refractivity contribution in [2.24, 2.45) is 0 Å². The highest BCUT2D eigenvalue weighted by molar-refractivity contribution is 5.89. The van der Waals surface area contributed by atoms with Crippen LogP contribution in [0.4, 0.5) is 0 Å². The first-order chi connectivity index (χ1) is 12.3. The Balaban J connectivity index is 1.63. The van der Waals surface area contributed by atoms with Gasteiger partial charge in [0.15, 0.2) is 0 Å². The molecular formula is C21H22N2O2. The normalized spacial score (nSPS) is 10.6. The highest BCUT2D eigenvalue weighted by Crippen LogP contribution is 2.12. The molecule has 2 aromatic carbocycles. The topological polar surface area (TPSA) is 44.1 Å². The van der Waals surface area contributed by atoms with E-state index in [1.54, 1.807) is 6.07 Å². The van der Waals surface area contributed by atoms with Gasteiger partial charge < -0.3 is 9.30 Å². The lowest BCUT2D eigenvalue weighted by Crippen LogP contribution is -2.07. The minimum atomic E-state index is -0.310. The number of carbonyl (C=O) groups is 1. The molecule has 0 amide bonds. The van der Waals surface area contributed by atoms with Crippen molar-refractivity contribution in [3.8, 4) is 0 Å². The van der Waals surface area contributed by atoms with Crippen LogP contribution in [-0.4, -0.2) is 22.6 Å². The van der Waals surface area contributed by atoms with Gasteiger partial charge in [-0.1, -0.05) is 42.5 Å². The van der Waals surface area contributed by atoms with Crippen LogP contribution in [0.2, 0.25) is 0 Å². The summed E-state index contributed by atoms with van der Waals surface area (Å²) >= 11 is 0. The molecule has 1 aromatic heterocycles. The summed E-state index contributed by atoms with van der Waals surface area (Å²) in [5, 5.41) is 0. The number of carbonyl (C=O) groups excluding carboxylic acids is 1. The predicted molar refractivity (Wildman–Crippen MR) is 97.6 cm³/mol. The van der Waals surface area contributed by atoms with Gasteiger partial charge in [0.25, 0.3) is 0 Å². The fourth-order valence-corrected chi connectivity index (χ4v) is 2.92. The second kappa shape index (κ2) is 8.29. The molecule has 0 aliphatic rings. The van der Waals surface area contributed by atoms with Gasteiger partial charge >= 0.3 is 5.97 Å². The van der Waals surface area contributed by atoms with Crippen molar-refractivity contribution in [2.45, 2.75) is 25.8 Å². The number of benzene rings is 2. The first kappa shape index (κ1) is 17.0. The van der Waals surface area contributed by atoms with E-state index in [-0.39, 0.29) is 5.97 Å². The number of imidazole rings is 1. The Bertz CT molecular complexity index is 825. The number of esters is 1. The van der Waals surface area contributed by atoms with Crippen LogP contribution >= 0.6 is 0 Å². The molecule has 3 rings (SSSR count). The fourth-order valence-electron chi connectivity index (χ4n) is 2.92. The summed E-state index contributed by atoms with van der Waals surface area (Å²) in [5.74, 6) is 0.759. The fraction of sp³-hybridized carbons (Fsp3) is 0.238. The molecule has 0 spiro atoms. The van der Waals surface area contributed by atoms with E-state index in [4.69, 9.17) is 4.74 Å². The smallest absolute Gasteiger partial charge is 0.337 e. The van der Waals surface area contributed by atoms with Crippen LogP contribution in [0, 0.1) is 0 Å². The number of hydrogen-bond acceptors (Lipinski definition) is 3. The molecule has 0 fully saturated rings. The van der Waals surface area contributed by atoms with Gasteiger partial charge in [-0.25, -0.2) is 9.78 Å². The Morgan fingerprint density at radius 2 is 1.84 bits per heavy atom. The van der Waals surface area contributed by atoms with Crippen LogP contribution in [0.1, 0.15) is 33.7 Å². The number of aryl methyl sites for hydroxylation is 2. The third-order valence-corrected chi connectivity index (χ3v) is 4.21. The number of nitrogens with zero attached hydrogens (tertiary/aromatic N) is 2. The monoisotopic (exact) mass is 334 g/mol. The largest absolute Gasteiger partial charge is 0.465 e. The number of hydrogen-bond donors (Lipinski definition) is 0. The van der Waals surface area contributed by atoms with E-state index in [1.807, 2.05) is 36.7 Å². The van der Waals surface area contributed by atoms with E-state index in [2.05, 4.69) is 33.8 Å². The lowest BCUT2D eigenvalue weighted by Gasteiger charge is -2.09. The highest BCUT2D eigenvalue weighted by Gasteiger charge is 2.08. The molecule has 25 heavy (non-hydrogen) atoms. The summed E-state index contributed by atoms with van der Waals surface area (Å²) in [7, 11) is 1.40. The molecule has 0 aliphatic heterocycles. The zero-order chi connectivity index (χ0) is 17.5. The first-order valence-electron chi connectivity index (χ1n) is 8.47. The summed E-state index contributed by atoms with van der Waals surface area (Å²) in [6.45, 7) is 0.700. The lowest BCUT2D eigenvalue weighted by atomic mass is 10.1. The molecule has 0 atom stereocenters. The van der Waals surface area contributed by atoms with Crippen LogP contribution in [0.5, 0.6) is 0 Å². The van der Waals surface area contributed by atoms with Gasteiger partial charge in [-0.2, -0.15) is 0 Å². The van der Waals surface area contributed by atoms with Crippen molar-refractivity contribution in [1.29, 1.82) is 0 Å². The molecular weight excluding hydrogens is 312 g/mol. The van der Waals surface area contributed by atoms with Crippen molar-refractivity contribution in [2.75, 3.05) is 7.11 Å². The predicted octanol–water partition coefficient (Wildman–Crippen LogP) is 3.89. The standard InChI is InChI=1S/C21H22N2O2/c1-25-21(24)19-11-5-10-18(15-19)16-23-14-13-22-20(23)12-6-9-17-7-3-2-4-8-17/h2-5,7-8,10-11,13-15H,6,9,12,16H2,1H3. The van der Waals surface area contributed by atoms with Gasteiger partial charge in [0.05, 0.1) is 12.7 Å². The van der Waals surface area contributed by atoms with Crippen LogP contribution < -0.4 is 0 Å². The lowest BCUT2D eigenvalue weighted by molar-refractivity contribution is 0.0600. The van der Waals surface area contributed by atoms with E-state index in [1.165, 1.54) is 12.7 Å². The van der Waals surface area contributed by atoms with Crippen LogP contribution in [0.25, 0.3) is 0 Å². The molecule has 0 unspecified atom stereocenters. The van der Waals surface area contributed by atoms with Gasteiger partial charge in [0, 0.05) is 25.4 Å². The number of aromatic nitrogens is 2. The minimum absolute atomic E-state index is 0.310. The SMILES string of the molecule is COC(=O)c1cccc(Cn2ccnc2CCCc2ccccc2)c1. The molecule has 0 bridgehead atoms. The summed E-state index contributed by atoms with van der Waals surface area (Å²) in [4.78, 5) is 16.2. The van der Waals surface area contributed by atoms with E-state index in [9.17, 15) is 4.79 Å². The van der Waals surface area contributed by atoms with Crippen molar-refractivity contribution < 1.29 is 9.53 Å². The number of methoxy groups -OCH3 is 1. The quantitative estimate of drug-likeness (QED) is 0.616. The Morgan fingerprint density at radius 3 is 2.64 bits per heavy atom.